The maximum atomic E-state index is 13.7. The average Bonchev–Trinajstić information content (AvgIpc) is 2.82. The van der Waals surface area contributed by atoms with Crippen LogP contribution in [-0.2, 0) is 14.8 Å². The van der Waals surface area contributed by atoms with E-state index in [0.29, 0.717) is 0 Å². The number of fused-ring (bicyclic) bond motifs is 1. The van der Waals surface area contributed by atoms with Gasteiger partial charge in [-0.25, -0.2) is 17.2 Å². The zero-order valence-electron chi connectivity index (χ0n) is 17.1. The normalized spacial score (nSPS) is 15.1. The van der Waals surface area contributed by atoms with Crippen molar-refractivity contribution in [3.63, 3.8) is 0 Å². The van der Waals surface area contributed by atoms with E-state index in [0.717, 1.165) is 10.8 Å². The number of hydrogen-bond acceptors (Lipinski definition) is 4. The van der Waals surface area contributed by atoms with Crippen LogP contribution in [0.15, 0.2) is 53.4 Å². The lowest BCUT2D eigenvalue weighted by Crippen LogP contribution is -2.51. The first-order valence-corrected chi connectivity index (χ1v) is 11.3. The van der Waals surface area contributed by atoms with Crippen LogP contribution in [-0.4, -0.2) is 56.3 Å². The zero-order chi connectivity index (χ0) is 23.8. The lowest BCUT2D eigenvalue weighted by molar-refractivity contribution is -0.134. The predicted octanol–water partition coefficient (Wildman–Crippen LogP) is 3.31. The minimum Gasteiger partial charge on any atom is -0.477 e. The molecule has 3 aromatic rings. The van der Waals surface area contributed by atoms with Crippen LogP contribution >= 0.6 is 0 Å². The van der Waals surface area contributed by atoms with Gasteiger partial charge in [-0.2, -0.15) is 13.1 Å². The van der Waals surface area contributed by atoms with Crippen molar-refractivity contribution in [3.8, 4) is 5.75 Å². The molecule has 11 heteroatoms. The summed E-state index contributed by atoms with van der Waals surface area (Å²) in [6.45, 7) is -0.848. The number of hydrogen-bond donors (Lipinski definition) is 0. The van der Waals surface area contributed by atoms with Crippen molar-refractivity contribution >= 4 is 26.7 Å². The van der Waals surface area contributed by atoms with E-state index >= 15 is 0 Å². The summed E-state index contributed by atoms with van der Waals surface area (Å²) < 4.78 is 85.8. The maximum absolute atomic E-state index is 13.7. The van der Waals surface area contributed by atoms with E-state index in [2.05, 4.69) is 0 Å². The third kappa shape index (κ3) is 4.51. The highest BCUT2D eigenvalue weighted by Gasteiger charge is 2.31. The average molecular weight is 482 g/mol. The number of nitrogens with zero attached hydrogens (tertiary/aromatic N) is 2. The molecule has 0 bridgehead atoms. The molecule has 0 saturated carbocycles. The Hall–Kier alpha value is -3.18. The van der Waals surface area contributed by atoms with Crippen LogP contribution in [0.2, 0.25) is 0 Å². The van der Waals surface area contributed by atoms with E-state index in [1.165, 1.54) is 15.3 Å². The molecular weight excluding hydrogens is 464 g/mol. The monoisotopic (exact) mass is 482 g/mol. The van der Waals surface area contributed by atoms with Gasteiger partial charge in [-0.1, -0.05) is 30.3 Å². The smallest absolute Gasteiger partial charge is 0.260 e. The van der Waals surface area contributed by atoms with E-state index < -0.39 is 51.6 Å². The van der Waals surface area contributed by atoms with Crippen molar-refractivity contribution in [1.82, 2.24) is 9.21 Å². The van der Waals surface area contributed by atoms with Crippen LogP contribution in [0.5, 0.6) is 5.75 Å². The summed E-state index contributed by atoms with van der Waals surface area (Å²) in [6, 6.07) is 12.2. The minimum atomic E-state index is -3.80. The van der Waals surface area contributed by atoms with E-state index in [1.54, 1.807) is 24.3 Å². The molecule has 0 atom stereocenters. The quantitative estimate of drug-likeness (QED) is 0.414. The van der Waals surface area contributed by atoms with Crippen molar-refractivity contribution in [2.24, 2.45) is 0 Å². The van der Waals surface area contributed by atoms with Gasteiger partial charge < -0.3 is 9.64 Å². The molecule has 6 nitrogen and oxygen atoms in total. The molecule has 0 radical (unpaired) electrons. The van der Waals surface area contributed by atoms with Gasteiger partial charge in [-0.15, -0.1) is 0 Å². The molecule has 0 aliphatic carbocycles. The maximum Gasteiger partial charge on any atom is 0.260 e. The number of benzene rings is 3. The second kappa shape index (κ2) is 8.99. The van der Waals surface area contributed by atoms with Gasteiger partial charge in [0.15, 0.2) is 24.0 Å². The Morgan fingerprint density at radius 3 is 2.09 bits per heavy atom. The second-order valence-electron chi connectivity index (χ2n) is 7.38. The number of carbonyl (C=O) groups is 1. The number of sulfonamides is 1. The molecule has 1 saturated heterocycles. The van der Waals surface area contributed by atoms with Crippen molar-refractivity contribution < 1.29 is 35.5 Å². The molecule has 1 heterocycles. The number of piperazine rings is 1. The Morgan fingerprint density at radius 2 is 1.45 bits per heavy atom. The summed E-state index contributed by atoms with van der Waals surface area (Å²) in [7, 11) is -3.80. The molecule has 4 rings (SSSR count). The van der Waals surface area contributed by atoms with Gasteiger partial charge in [0.2, 0.25) is 21.7 Å². The summed E-state index contributed by atoms with van der Waals surface area (Å²) in [4.78, 5) is 13.7. The van der Waals surface area contributed by atoms with Crippen molar-refractivity contribution in [2.75, 3.05) is 32.8 Å². The topological polar surface area (TPSA) is 66.9 Å². The number of ether oxygens (including phenoxy) is 1. The van der Waals surface area contributed by atoms with Crippen LogP contribution < -0.4 is 4.74 Å². The molecule has 1 aliphatic heterocycles. The van der Waals surface area contributed by atoms with E-state index in [4.69, 9.17) is 4.74 Å². The Balaban J connectivity index is 1.39. The SMILES string of the molecule is O=C(COc1c(F)c(F)cc(F)c1F)N1CCN(S(=O)(=O)c2ccc3ccccc3c2)CC1. The molecular formula is C22H18F4N2O4S. The van der Waals surface area contributed by atoms with Crippen LogP contribution in [0.4, 0.5) is 17.6 Å². The van der Waals surface area contributed by atoms with Crippen molar-refractivity contribution in [1.29, 1.82) is 0 Å². The molecule has 0 aromatic heterocycles. The van der Waals surface area contributed by atoms with Crippen LogP contribution in [0.25, 0.3) is 10.8 Å². The highest BCUT2D eigenvalue weighted by molar-refractivity contribution is 7.89. The highest BCUT2D eigenvalue weighted by Crippen LogP contribution is 2.27. The molecule has 0 spiro atoms. The standard InChI is InChI=1S/C22H18F4N2O4S/c23-17-12-18(24)21(26)22(20(17)25)32-13-19(29)27-7-9-28(10-8-27)33(30,31)16-6-5-14-3-1-2-4-15(14)11-16/h1-6,11-12H,7-10,13H2. The Kier molecular flexibility index (Phi) is 6.26. The zero-order valence-corrected chi connectivity index (χ0v) is 17.9. The van der Waals surface area contributed by atoms with Gasteiger partial charge in [0.25, 0.3) is 5.91 Å². The molecule has 0 N–H and O–H groups in total. The van der Waals surface area contributed by atoms with Crippen LogP contribution in [0.1, 0.15) is 0 Å². The Bertz CT molecular complexity index is 1300. The molecule has 33 heavy (non-hydrogen) atoms. The lowest BCUT2D eigenvalue weighted by Gasteiger charge is -2.34. The van der Waals surface area contributed by atoms with Crippen molar-refractivity contribution in [3.05, 3.63) is 71.8 Å². The summed E-state index contributed by atoms with van der Waals surface area (Å²) in [5.74, 6) is -8.81. The van der Waals surface area contributed by atoms with E-state index in [9.17, 15) is 30.8 Å². The van der Waals surface area contributed by atoms with Gasteiger partial charge in [-0.3, -0.25) is 4.79 Å². The minimum absolute atomic E-state index is 0.00177. The number of rotatable bonds is 5. The number of amides is 1. The second-order valence-corrected chi connectivity index (χ2v) is 9.32. The number of carbonyl (C=O) groups excluding carboxylic acids is 1. The summed E-state index contributed by atoms with van der Waals surface area (Å²) in [5.41, 5.74) is 0. The van der Waals surface area contributed by atoms with Gasteiger partial charge in [0.05, 0.1) is 4.90 Å². The fourth-order valence-electron chi connectivity index (χ4n) is 3.56. The fourth-order valence-corrected chi connectivity index (χ4v) is 5.02. The van der Waals surface area contributed by atoms with E-state index in [-0.39, 0.29) is 37.1 Å². The largest absolute Gasteiger partial charge is 0.477 e. The molecule has 0 unspecified atom stereocenters. The van der Waals surface area contributed by atoms with Gasteiger partial charge in [-0.05, 0) is 22.9 Å². The third-order valence-corrected chi connectivity index (χ3v) is 7.26. The summed E-state index contributed by atoms with van der Waals surface area (Å²) in [5, 5.41) is 1.68. The fraction of sp³-hybridized carbons (Fsp3) is 0.227. The molecule has 174 valence electrons. The van der Waals surface area contributed by atoms with Crippen LogP contribution in [0, 0.1) is 23.3 Å². The lowest BCUT2D eigenvalue weighted by atomic mass is 10.1. The van der Waals surface area contributed by atoms with Gasteiger partial charge >= 0.3 is 0 Å². The van der Waals surface area contributed by atoms with Gasteiger partial charge in [0.1, 0.15) is 0 Å². The van der Waals surface area contributed by atoms with Gasteiger partial charge in [0, 0.05) is 32.2 Å². The first-order chi connectivity index (χ1) is 15.7. The summed E-state index contributed by atoms with van der Waals surface area (Å²) >= 11 is 0. The summed E-state index contributed by atoms with van der Waals surface area (Å²) in [6.07, 6.45) is 0. The highest BCUT2D eigenvalue weighted by atomic mass is 32.2. The van der Waals surface area contributed by atoms with Crippen molar-refractivity contribution in [2.45, 2.75) is 4.90 Å². The Morgan fingerprint density at radius 1 is 0.848 bits per heavy atom. The molecule has 1 amide bonds. The third-order valence-electron chi connectivity index (χ3n) is 5.36. The predicted molar refractivity (Wildman–Crippen MR) is 111 cm³/mol. The first-order valence-electron chi connectivity index (χ1n) is 9.91. The molecule has 3 aromatic carbocycles. The van der Waals surface area contributed by atoms with E-state index in [1.807, 2.05) is 12.1 Å². The molecule has 1 fully saturated rings. The molecule has 1 aliphatic rings. The first kappa shape index (κ1) is 23.0. The Labute approximate surface area is 187 Å². The number of halogens is 4. The van der Waals surface area contributed by atoms with Crippen LogP contribution in [0.3, 0.4) is 0 Å².